The molecule has 0 unspecified atom stereocenters. The lowest BCUT2D eigenvalue weighted by molar-refractivity contribution is -0.148. The van der Waals surface area contributed by atoms with Gasteiger partial charge in [-0.3, -0.25) is 9.89 Å². The van der Waals surface area contributed by atoms with E-state index < -0.39 is 12.7 Å². The number of piperidine rings is 1. The molecule has 1 saturated heterocycles. The fourth-order valence-corrected chi connectivity index (χ4v) is 4.34. The average molecular weight is 533 g/mol. The van der Waals surface area contributed by atoms with Crippen molar-refractivity contribution in [1.82, 2.24) is 20.5 Å². The van der Waals surface area contributed by atoms with E-state index in [0.717, 1.165) is 55.4 Å². The predicted octanol–water partition coefficient (Wildman–Crippen LogP) is 3.75. The molecule has 10 heteroatoms. The van der Waals surface area contributed by atoms with Crippen LogP contribution in [0.25, 0.3) is 0 Å². The summed E-state index contributed by atoms with van der Waals surface area (Å²) in [5.74, 6) is 1.24. The van der Waals surface area contributed by atoms with Crippen LogP contribution in [0.3, 0.4) is 0 Å². The molecule has 1 aromatic heterocycles. The van der Waals surface area contributed by atoms with E-state index in [0.29, 0.717) is 19.0 Å². The third-order valence-electron chi connectivity index (χ3n) is 4.82. The summed E-state index contributed by atoms with van der Waals surface area (Å²) in [6, 6.07) is 0. The van der Waals surface area contributed by atoms with E-state index in [2.05, 4.69) is 20.6 Å². The molecule has 0 spiro atoms. The highest BCUT2D eigenvalue weighted by molar-refractivity contribution is 14.0. The molecule has 1 aromatic rings. The number of aromatic nitrogens is 1. The lowest BCUT2D eigenvalue weighted by Gasteiger charge is -2.32. The predicted molar refractivity (Wildman–Crippen MR) is 120 cm³/mol. The maximum absolute atomic E-state index is 12.4. The zero-order valence-electron chi connectivity index (χ0n) is 16.7. The molecule has 0 saturated carbocycles. The maximum atomic E-state index is 12.4. The first kappa shape index (κ1) is 25.4. The Morgan fingerprint density at radius 3 is 2.39 bits per heavy atom. The third-order valence-corrected chi connectivity index (χ3v) is 5.96. The van der Waals surface area contributed by atoms with Crippen LogP contribution < -0.4 is 10.6 Å². The van der Waals surface area contributed by atoms with E-state index in [-0.39, 0.29) is 24.0 Å². The number of likely N-dealkylation sites (tertiary alicyclic amines) is 1. The Bertz CT molecular complexity index is 613. The van der Waals surface area contributed by atoms with Crippen molar-refractivity contribution in [2.24, 2.45) is 10.9 Å². The minimum Gasteiger partial charge on any atom is -0.356 e. The van der Waals surface area contributed by atoms with Gasteiger partial charge in [-0.05, 0) is 52.1 Å². The van der Waals surface area contributed by atoms with Crippen LogP contribution in [0.4, 0.5) is 13.2 Å². The van der Waals surface area contributed by atoms with Gasteiger partial charge in [0.2, 0.25) is 0 Å². The van der Waals surface area contributed by atoms with Crippen LogP contribution in [0.5, 0.6) is 0 Å². The summed E-state index contributed by atoms with van der Waals surface area (Å²) >= 11 is 1.73. The summed E-state index contributed by atoms with van der Waals surface area (Å²) < 4.78 is 37.3. The largest absolute Gasteiger partial charge is 0.401 e. The molecule has 1 fully saturated rings. The summed E-state index contributed by atoms with van der Waals surface area (Å²) in [5, 5.41) is 7.70. The summed E-state index contributed by atoms with van der Waals surface area (Å²) in [5.41, 5.74) is 1.10. The molecule has 5 nitrogen and oxygen atoms in total. The highest BCUT2D eigenvalue weighted by atomic mass is 127. The molecule has 1 aliphatic rings. The second-order valence-electron chi connectivity index (χ2n) is 7.04. The number of thiazole rings is 1. The molecular formula is C18H31F3IN5S. The zero-order valence-corrected chi connectivity index (χ0v) is 19.9. The molecule has 0 bridgehead atoms. The van der Waals surface area contributed by atoms with Crippen molar-refractivity contribution in [3.05, 3.63) is 15.6 Å². The molecule has 0 aromatic carbocycles. The van der Waals surface area contributed by atoms with Crippen molar-refractivity contribution in [3.63, 3.8) is 0 Å². The topological polar surface area (TPSA) is 52.6 Å². The minimum atomic E-state index is -4.09. The Morgan fingerprint density at radius 2 is 1.86 bits per heavy atom. The minimum absolute atomic E-state index is 0. The summed E-state index contributed by atoms with van der Waals surface area (Å²) in [4.78, 5) is 11.5. The van der Waals surface area contributed by atoms with Gasteiger partial charge in [-0.2, -0.15) is 13.2 Å². The first-order valence-corrected chi connectivity index (χ1v) is 10.2. The van der Waals surface area contributed by atoms with E-state index in [1.54, 1.807) is 18.4 Å². The number of aryl methyl sites for hydroxylation is 2. The standard InChI is InChI=1S/C18H30F3N5S.HI/c1-13-16(27-14(2)25-13)5-9-24-17(22-3)23-8-4-15-6-10-26(11-7-15)12-18(19,20)21;/h15H,4-12H2,1-3H3,(H2,22,23,24);1H. The van der Waals surface area contributed by atoms with Gasteiger partial charge in [0.1, 0.15) is 0 Å². The van der Waals surface area contributed by atoms with Crippen LogP contribution >= 0.6 is 35.3 Å². The van der Waals surface area contributed by atoms with Gasteiger partial charge in [0.15, 0.2) is 5.96 Å². The number of hydrogen-bond acceptors (Lipinski definition) is 4. The Hall–Kier alpha value is -0.620. The van der Waals surface area contributed by atoms with Crippen LogP contribution in [0, 0.1) is 19.8 Å². The van der Waals surface area contributed by atoms with Crippen LogP contribution in [0.15, 0.2) is 4.99 Å². The normalized spacial score (nSPS) is 16.7. The second-order valence-corrected chi connectivity index (χ2v) is 8.33. The third kappa shape index (κ3) is 9.25. The van der Waals surface area contributed by atoms with Gasteiger partial charge < -0.3 is 10.6 Å². The summed E-state index contributed by atoms with van der Waals surface area (Å²) in [7, 11) is 1.74. The van der Waals surface area contributed by atoms with Crippen LogP contribution in [-0.2, 0) is 6.42 Å². The van der Waals surface area contributed by atoms with Crippen LogP contribution in [0.1, 0.15) is 34.8 Å². The van der Waals surface area contributed by atoms with Crippen LogP contribution in [-0.4, -0.2) is 61.8 Å². The van der Waals surface area contributed by atoms with Gasteiger partial charge in [-0.1, -0.05) is 0 Å². The molecule has 162 valence electrons. The van der Waals surface area contributed by atoms with Crippen molar-refractivity contribution < 1.29 is 13.2 Å². The van der Waals surface area contributed by atoms with E-state index in [1.807, 2.05) is 13.8 Å². The molecule has 2 N–H and O–H groups in total. The van der Waals surface area contributed by atoms with Gasteiger partial charge >= 0.3 is 6.18 Å². The number of guanidine groups is 1. The number of halogens is 4. The molecule has 0 aliphatic carbocycles. The number of nitrogens with zero attached hydrogens (tertiary/aromatic N) is 3. The van der Waals surface area contributed by atoms with Crippen molar-refractivity contribution in [3.8, 4) is 0 Å². The second kappa shape index (κ2) is 12.2. The lowest BCUT2D eigenvalue weighted by Crippen LogP contribution is -2.42. The number of hydrogen-bond donors (Lipinski definition) is 2. The Kier molecular flexibility index (Phi) is 11.0. The molecule has 1 aliphatic heterocycles. The van der Waals surface area contributed by atoms with E-state index in [9.17, 15) is 13.2 Å². The zero-order chi connectivity index (χ0) is 19.9. The maximum Gasteiger partial charge on any atom is 0.401 e. The quantitative estimate of drug-likeness (QED) is 0.319. The fraction of sp³-hybridized carbons (Fsp3) is 0.778. The number of alkyl halides is 3. The SMILES string of the molecule is CN=C(NCCc1sc(C)nc1C)NCCC1CCN(CC(F)(F)F)CC1.I. The first-order valence-electron chi connectivity index (χ1n) is 9.43. The molecule has 0 radical (unpaired) electrons. The van der Waals surface area contributed by atoms with Crippen molar-refractivity contribution >= 4 is 41.3 Å². The molecule has 0 atom stereocenters. The smallest absolute Gasteiger partial charge is 0.356 e. The Morgan fingerprint density at radius 1 is 1.21 bits per heavy atom. The number of nitrogens with one attached hydrogen (secondary N) is 2. The summed E-state index contributed by atoms with van der Waals surface area (Å²) in [6.45, 7) is 5.90. The van der Waals surface area contributed by atoms with E-state index >= 15 is 0 Å². The highest BCUT2D eigenvalue weighted by Crippen LogP contribution is 2.24. The van der Waals surface area contributed by atoms with Gasteiger partial charge in [-0.15, -0.1) is 35.3 Å². The van der Waals surface area contributed by atoms with Gasteiger partial charge in [0, 0.05) is 31.4 Å². The summed E-state index contributed by atoms with van der Waals surface area (Å²) in [6.07, 6.45) is -0.575. The van der Waals surface area contributed by atoms with Gasteiger partial charge in [0.25, 0.3) is 0 Å². The molecule has 0 amide bonds. The monoisotopic (exact) mass is 533 g/mol. The molecule has 2 heterocycles. The Labute approximate surface area is 186 Å². The highest BCUT2D eigenvalue weighted by Gasteiger charge is 2.32. The molecule has 2 rings (SSSR count). The van der Waals surface area contributed by atoms with E-state index in [1.165, 1.54) is 9.78 Å². The van der Waals surface area contributed by atoms with Crippen molar-refractivity contribution in [1.29, 1.82) is 0 Å². The van der Waals surface area contributed by atoms with Gasteiger partial charge in [0.05, 0.1) is 17.2 Å². The number of aliphatic imine (C=N–C) groups is 1. The van der Waals surface area contributed by atoms with Crippen molar-refractivity contribution in [2.75, 3.05) is 39.8 Å². The Balaban J connectivity index is 0.00000392. The fourth-order valence-electron chi connectivity index (χ4n) is 3.40. The molecule has 28 heavy (non-hydrogen) atoms. The van der Waals surface area contributed by atoms with Crippen LogP contribution in [0.2, 0.25) is 0 Å². The average Bonchev–Trinajstić information content (AvgIpc) is 2.91. The number of rotatable bonds is 7. The first-order chi connectivity index (χ1) is 12.8. The molecular weight excluding hydrogens is 502 g/mol. The van der Waals surface area contributed by atoms with Gasteiger partial charge in [-0.25, -0.2) is 4.98 Å². The van der Waals surface area contributed by atoms with E-state index in [4.69, 9.17) is 0 Å². The van der Waals surface area contributed by atoms with Crippen molar-refractivity contribution in [2.45, 2.75) is 45.7 Å². The lowest BCUT2D eigenvalue weighted by atomic mass is 9.93.